The van der Waals surface area contributed by atoms with Gasteiger partial charge in [-0.1, -0.05) is 13.0 Å². The van der Waals surface area contributed by atoms with Crippen molar-refractivity contribution in [3.8, 4) is 5.75 Å². The molecule has 0 aliphatic heterocycles. The molecule has 24 heavy (non-hydrogen) atoms. The van der Waals surface area contributed by atoms with E-state index in [2.05, 4.69) is 13.0 Å². The van der Waals surface area contributed by atoms with Gasteiger partial charge < -0.3 is 14.9 Å². The molecule has 0 bridgehead atoms. The van der Waals surface area contributed by atoms with Crippen LogP contribution in [-0.4, -0.2) is 29.4 Å². The average molecular weight is 330 g/mol. The van der Waals surface area contributed by atoms with Crippen molar-refractivity contribution < 1.29 is 19.7 Å². The number of carbonyl (C=O) groups excluding carboxylic acids is 1. The number of aliphatic hydroxyl groups excluding tert-OH is 1. The van der Waals surface area contributed by atoms with Crippen LogP contribution in [-0.2, 0) is 9.53 Å². The van der Waals surface area contributed by atoms with Crippen LogP contribution < -0.4 is 0 Å². The number of hydrogen-bond donors (Lipinski definition) is 2. The van der Waals surface area contributed by atoms with E-state index in [1.54, 1.807) is 6.07 Å². The fraction of sp³-hybridized carbons (Fsp3) is 0.650. The zero-order valence-electron chi connectivity index (χ0n) is 14.1. The van der Waals surface area contributed by atoms with Crippen molar-refractivity contribution >= 4 is 6.47 Å². The smallest absolute Gasteiger partial charge is 0.293 e. The lowest BCUT2D eigenvalue weighted by molar-refractivity contribution is -0.129. The summed E-state index contributed by atoms with van der Waals surface area (Å²) in [6, 6.07) is 5.68. The molecule has 2 N–H and O–H groups in total. The summed E-state index contributed by atoms with van der Waals surface area (Å²) in [5, 5.41) is 20.4. The Bertz CT molecular complexity index is 643. The van der Waals surface area contributed by atoms with Crippen molar-refractivity contribution in [1.29, 1.82) is 0 Å². The number of hydrogen-bond acceptors (Lipinski definition) is 4. The van der Waals surface area contributed by atoms with Crippen LogP contribution in [0.5, 0.6) is 5.75 Å². The van der Waals surface area contributed by atoms with Gasteiger partial charge in [0.2, 0.25) is 0 Å². The highest BCUT2D eigenvalue weighted by Crippen LogP contribution is 2.62. The Morgan fingerprint density at radius 2 is 2.12 bits per heavy atom. The third-order valence-electron chi connectivity index (χ3n) is 7.22. The Morgan fingerprint density at radius 3 is 2.92 bits per heavy atom. The first-order valence-electron chi connectivity index (χ1n) is 9.10. The van der Waals surface area contributed by atoms with Gasteiger partial charge in [0, 0.05) is 5.92 Å². The van der Waals surface area contributed by atoms with Crippen molar-refractivity contribution in [2.75, 3.05) is 6.61 Å². The summed E-state index contributed by atoms with van der Waals surface area (Å²) >= 11 is 0. The van der Waals surface area contributed by atoms with Crippen LogP contribution in [0, 0.1) is 17.3 Å². The molecule has 130 valence electrons. The minimum atomic E-state index is -0.186. The van der Waals surface area contributed by atoms with Crippen LogP contribution >= 0.6 is 0 Å². The quantitative estimate of drug-likeness (QED) is 0.834. The van der Waals surface area contributed by atoms with Gasteiger partial charge in [0.1, 0.15) is 5.75 Å². The standard InChI is InChI=1S/C20H26O4/c1-20-7-6-15-14-3-2-13(22)9-16(14)12(10-24-11-21)8-17(15)18(20)4-5-19(20)23/h2-3,9,11-12,15,17-19,22-23H,4-8,10H2,1H3/t12?,15-,17-,18+,19-,20+/m1/s1. The molecule has 4 nitrogen and oxygen atoms in total. The minimum absolute atomic E-state index is 0.0334. The minimum Gasteiger partial charge on any atom is -0.508 e. The Labute approximate surface area is 142 Å². The van der Waals surface area contributed by atoms with Crippen LogP contribution in [0.15, 0.2) is 18.2 Å². The number of aliphatic hydroxyl groups is 1. The summed E-state index contributed by atoms with van der Waals surface area (Å²) in [5.41, 5.74) is 2.48. The van der Waals surface area contributed by atoms with E-state index in [9.17, 15) is 15.0 Å². The number of rotatable bonds is 3. The predicted octanol–water partition coefficient (Wildman–Crippen LogP) is 3.32. The lowest BCUT2D eigenvalue weighted by Crippen LogP contribution is -2.44. The van der Waals surface area contributed by atoms with Gasteiger partial charge in [0.05, 0.1) is 12.7 Å². The molecule has 3 aliphatic rings. The summed E-state index contributed by atoms with van der Waals surface area (Å²) in [6.45, 7) is 3.14. The summed E-state index contributed by atoms with van der Waals surface area (Å²) in [4.78, 5) is 10.7. The molecule has 0 aromatic heterocycles. The van der Waals surface area contributed by atoms with Crippen molar-refractivity contribution in [2.45, 2.75) is 57.0 Å². The van der Waals surface area contributed by atoms with E-state index in [1.807, 2.05) is 6.07 Å². The van der Waals surface area contributed by atoms with Crippen LogP contribution in [0.3, 0.4) is 0 Å². The molecule has 0 spiro atoms. The maximum Gasteiger partial charge on any atom is 0.293 e. The van der Waals surface area contributed by atoms with Crippen LogP contribution in [0.4, 0.5) is 0 Å². The number of fused-ring (bicyclic) bond motifs is 5. The normalized spacial score (nSPS) is 40.3. The molecule has 6 atom stereocenters. The Kier molecular flexibility index (Phi) is 3.83. The van der Waals surface area contributed by atoms with E-state index < -0.39 is 0 Å². The van der Waals surface area contributed by atoms with E-state index >= 15 is 0 Å². The molecule has 0 amide bonds. The molecule has 4 heteroatoms. The molecule has 2 saturated carbocycles. The highest BCUT2D eigenvalue weighted by atomic mass is 16.5. The van der Waals surface area contributed by atoms with Gasteiger partial charge in [-0.05, 0) is 78.5 Å². The van der Waals surface area contributed by atoms with Crippen LogP contribution in [0.1, 0.15) is 62.0 Å². The third-order valence-corrected chi connectivity index (χ3v) is 7.22. The molecule has 1 unspecified atom stereocenters. The lowest BCUT2D eigenvalue weighted by Gasteiger charge is -2.51. The third kappa shape index (κ3) is 2.26. The van der Waals surface area contributed by atoms with Crippen molar-refractivity contribution in [2.24, 2.45) is 17.3 Å². The lowest BCUT2D eigenvalue weighted by atomic mass is 9.54. The monoisotopic (exact) mass is 330 g/mol. The zero-order valence-corrected chi connectivity index (χ0v) is 14.1. The first-order chi connectivity index (χ1) is 11.5. The summed E-state index contributed by atoms with van der Waals surface area (Å²) in [7, 11) is 0. The van der Waals surface area contributed by atoms with Crippen molar-refractivity contribution in [1.82, 2.24) is 0 Å². The van der Waals surface area contributed by atoms with Gasteiger partial charge in [-0.25, -0.2) is 0 Å². The number of phenols is 1. The summed E-state index contributed by atoms with van der Waals surface area (Å²) in [6.07, 6.45) is 4.94. The highest BCUT2D eigenvalue weighted by Gasteiger charge is 2.55. The van der Waals surface area contributed by atoms with E-state index in [-0.39, 0.29) is 23.2 Å². The molecule has 0 saturated heterocycles. The predicted molar refractivity (Wildman–Crippen MR) is 89.8 cm³/mol. The summed E-state index contributed by atoms with van der Waals surface area (Å²) in [5.74, 6) is 1.97. The molecular weight excluding hydrogens is 304 g/mol. The van der Waals surface area contributed by atoms with Gasteiger partial charge in [-0.2, -0.15) is 0 Å². The molecule has 1 aromatic carbocycles. The number of carbonyl (C=O) groups is 1. The van der Waals surface area contributed by atoms with E-state index in [1.165, 1.54) is 5.56 Å². The SMILES string of the molecule is C[C@]12CC[C@@H]3c4ccc(O)cc4C(COC=O)C[C@H]3[C@@H]1CC[C@H]2O. The second-order valence-electron chi connectivity index (χ2n) is 8.19. The molecule has 0 radical (unpaired) electrons. The molecule has 0 heterocycles. The average Bonchev–Trinajstić information content (AvgIpc) is 2.88. The van der Waals surface area contributed by atoms with Gasteiger partial charge in [0.25, 0.3) is 6.47 Å². The zero-order chi connectivity index (χ0) is 16.9. The van der Waals surface area contributed by atoms with E-state index in [0.717, 1.165) is 37.7 Å². The second-order valence-corrected chi connectivity index (χ2v) is 8.19. The van der Waals surface area contributed by atoms with Crippen molar-refractivity contribution in [3.05, 3.63) is 29.3 Å². The fourth-order valence-corrected chi connectivity index (χ4v) is 6.00. The molecule has 1 aromatic rings. The maximum atomic E-state index is 10.7. The van der Waals surface area contributed by atoms with Gasteiger partial charge >= 0.3 is 0 Å². The Hall–Kier alpha value is -1.55. The maximum absolute atomic E-state index is 10.7. The largest absolute Gasteiger partial charge is 0.508 e. The van der Waals surface area contributed by atoms with E-state index in [0.29, 0.717) is 30.8 Å². The van der Waals surface area contributed by atoms with Crippen LogP contribution in [0.25, 0.3) is 0 Å². The number of ether oxygens (including phenoxy) is 1. The molecule has 4 rings (SSSR count). The van der Waals surface area contributed by atoms with Gasteiger partial charge in [-0.3, -0.25) is 4.79 Å². The fourth-order valence-electron chi connectivity index (χ4n) is 6.00. The van der Waals surface area contributed by atoms with Crippen LogP contribution in [0.2, 0.25) is 0 Å². The first-order valence-corrected chi connectivity index (χ1v) is 9.10. The summed E-state index contributed by atoms with van der Waals surface area (Å²) < 4.78 is 5.10. The Balaban J connectivity index is 1.72. The molecule has 2 fully saturated rings. The number of benzene rings is 1. The van der Waals surface area contributed by atoms with Gasteiger partial charge in [-0.15, -0.1) is 0 Å². The van der Waals surface area contributed by atoms with E-state index in [4.69, 9.17) is 4.74 Å². The first kappa shape index (κ1) is 15.9. The van der Waals surface area contributed by atoms with Crippen molar-refractivity contribution in [3.63, 3.8) is 0 Å². The number of phenolic OH excluding ortho intramolecular Hbond substituents is 1. The topological polar surface area (TPSA) is 66.8 Å². The Morgan fingerprint density at radius 1 is 1.29 bits per heavy atom. The highest BCUT2D eigenvalue weighted by molar-refractivity contribution is 5.43. The second kappa shape index (κ2) is 5.76. The molecular formula is C20H26O4. The van der Waals surface area contributed by atoms with Gasteiger partial charge in [0.15, 0.2) is 0 Å². The number of aromatic hydroxyl groups is 1. The molecule has 3 aliphatic carbocycles.